The molecule has 0 unspecified atom stereocenters. The molecule has 6 heteroatoms. The molecule has 1 atom stereocenters. The molecule has 1 amide bonds. The van der Waals surface area contributed by atoms with Gasteiger partial charge in [-0.2, -0.15) is 0 Å². The number of para-hydroxylation sites is 1. The number of carboxylic acids is 1. The van der Waals surface area contributed by atoms with Crippen LogP contribution in [0.3, 0.4) is 0 Å². The maximum Gasteiger partial charge on any atom is 0.330 e. The highest BCUT2D eigenvalue weighted by atomic mass is 19.1. The van der Waals surface area contributed by atoms with E-state index in [0.29, 0.717) is 5.56 Å². The Labute approximate surface area is 120 Å². The third-order valence-electron chi connectivity index (χ3n) is 2.95. The Morgan fingerprint density at radius 1 is 1.10 bits per heavy atom. The molecular weight excluding hydrogens is 275 g/mol. The van der Waals surface area contributed by atoms with Crippen LogP contribution in [0, 0.1) is 5.82 Å². The molecule has 0 bridgehead atoms. The van der Waals surface area contributed by atoms with Crippen molar-refractivity contribution in [3.63, 3.8) is 0 Å². The largest absolute Gasteiger partial charge is 0.479 e. The van der Waals surface area contributed by atoms with Gasteiger partial charge in [-0.15, -0.1) is 0 Å². The lowest BCUT2D eigenvalue weighted by molar-refractivity contribution is -0.139. The van der Waals surface area contributed by atoms with Crippen LogP contribution in [-0.2, 0) is 4.79 Å². The van der Waals surface area contributed by atoms with E-state index < -0.39 is 23.7 Å². The van der Waals surface area contributed by atoms with Crippen molar-refractivity contribution in [3.8, 4) is 0 Å². The van der Waals surface area contributed by atoms with Crippen LogP contribution >= 0.6 is 0 Å². The van der Waals surface area contributed by atoms with Crippen molar-refractivity contribution in [1.29, 1.82) is 0 Å². The molecule has 0 aromatic heterocycles. The van der Waals surface area contributed by atoms with Crippen LogP contribution < -0.4 is 11.1 Å². The first-order chi connectivity index (χ1) is 10.0. The van der Waals surface area contributed by atoms with E-state index in [9.17, 15) is 19.1 Å². The monoisotopic (exact) mass is 288 g/mol. The zero-order valence-electron chi connectivity index (χ0n) is 10.9. The molecule has 2 aromatic carbocycles. The Kier molecular flexibility index (Phi) is 4.18. The van der Waals surface area contributed by atoms with E-state index in [2.05, 4.69) is 5.32 Å². The summed E-state index contributed by atoms with van der Waals surface area (Å²) in [5.74, 6) is -2.69. The minimum Gasteiger partial charge on any atom is -0.479 e. The number of rotatable bonds is 4. The van der Waals surface area contributed by atoms with Gasteiger partial charge < -0.3 is 16.2 Å². The van der Waals surface area contributed by atoms with E-state index in [-0.39, 0.29) is 11.3 Å². The number of hydrogen-bond donors (Lipinski definition) is 3. The third kappa shape index (κ3) is 3.17. The molecule has 4 N–H and O–H groups in total. The van der Waals surface area contributed by atoms with Gasteiger partial charge in [-0.05, 0) is 17.7 Å². The molecule has 0 fully saturated rings. The average Bonchev–Trinajstić information content (AvgIpc) is 2.48. The summed E-state index contributed by atoms with van der Waals surface area (Å²) in [6.07, 6.45) is 0. The second-order valence-corrected chi connectivity index (χ2v) is 4.36. The summed E-state index contributed by atoms with van der Waals surface area (Å²) < 4.78 is 13.3. The first-order valence-corrected chi connectivity index (χ1v) is 6.13. The van der Waals surface area contributed by atoms with Crippen LogP contribution in [0.2, 0.25) is 0 Å². The second kappa shape index (κ2) is 6.04. The van der Waals surface area contributed by atoms with Gasteiger partial charge in [0.2, 0.25) is 0 Å². The smallest absolute Gasteiger partial charge is 0.330 e. The van der Waals surface area contributed by atoms with Crippen LogP contribution in [-0.4, -0.2) is 17.0 Å². The fourth-order valence-corrected chi connectivity index (χ4v) is 1.88. The molecule has 0 saturated carbocycles. The van der Waals surface area contributed by atoms with E-state index in [1.807, 2.05) is 0 Å². The number of carbonyl (C=O) groups excluding carboxylic acids is 1. The van der Waals surface area contributed by atoms with E-state index >= 15 is 0 Å². The number of carbonyl (C=O) groups is 2. The summed E-state index contributed by atoms with van der Waals surface area (Å²) in [6, 6.07) is 10.8. The maximum atomic E-state index is 13.3. The van der Waals surface area contributed by atoms with Gasteiger partial charge in [-0.25, -0.2) is 9.18 Å². The lowest BCUT2D eigenvalue weighted by Gasteiger charge is -2.15. The van der Waals surface area contributed by atoms with Gasteiger partial charge in [0, 0.05) is 0 Å². The van der Waals surface area contributed by atoms with Crippen molar-refractivity contribution >= 4 is 17.6 Å². The summed E-state index contributed by atoms with van der Waals surface area (Å²) in [5, 5.41) is 11.6. The second-order valence-electron chi connectivity index (χ2n) is 4.36. The minimum absolute atomic E-state index is 0.0998. The molecule has 5 nitrogen and oxygen atoms in total. The zero-order valence-corrected chi connectivity index (χ0v) is 10.9. The number of halogens is 1. The van der Waals surface area contributed by atoms with Gasteiger partial charge in [-0.1, -0.05) is 36.4 Å². The third-order valence-corrected chi connectivity index (χ3v) is 2.95. The molecule has 0 radical (unpaired) electrons. The number of nitrogens with one attached hydrogen (secondary N) is 1. The van der Waals surface area contributed by atoms with Gasteiger partial charge in [0.15, 0.2) is 6.04 Å². The predicted octanol–water partition coefficient (Wildman–Crippen LogP) is 1.96. The molecule has 2 rings (SSSR count). The minimum atomic E-state index is -1.23. The number of aliphatic carboxylic acids is 1. The van der Waals surface area contributed by atoms with Gasteiger partial charge in [0.05, 0.1) is 11.3 Å². The van der Waals surface area contributed by atoms with E-state index in [4.69, 9.17) is 5.73 Å². The van der Waals surface area contributed by atoms with Crippen LogP contribution in [0.1, 0.15) is 22.0 Å². The van der Waals surface area contributed by atoms with Gasteiger partial charge >= 0.3 is 5.97 Å². The molecule has 108 valence electrons. The van der Waals surface area contributed by atoms with Crippen molar-refractivity contribution in [1.82, 2.24) is 5.32 Å². The zero-order chi connectivity index (χ0) is 15.4. The quantitative estimate of drug-likeness (QED) is 0.750. The van der Waals surface area contributed by atoms with Crippen LogP contribution in [0.5, 0.6) is 0 Å². The SMILES string of the molecule is Nc1c(F)cccc1C(=O)N[C@H](C(=O)O)c1ccccc1. The Hall–Kier alpha value is -2.89. The highest BCUT2D eigenvalue weighted by molar-refractivity contribution is 6.01. The lowest BCUT2D eigenvalue weighted by atomic mass is 10.1. The van der Waals surface area contributed by atoms with Gasteiger partial charge in [0.1, 0.15) is 5.82 Å². The van der Waals surface area contributed by atoms with Gasteiger partial charge in [0.25, 0.3) is 5.91 Å². The summed E-state index contributed by atoms with van der Waals surface area (Å²) in [6.45, 7) is 0. The first kappa shape index (κ1) is 14.5. The molecule has 21 heavy (non-hydrogen) atoms. The Morgan fingerprint density at radius 2 is 1.76 bits per heavy atom. The molecule has 0 aliphatic heterocycles. The Bertz CT molecular complexity index is 674. The number of nitrogen functional groups attached to an aromatic ring is 1. The summed E-state index contributed by atoms with van der Waals surface area (Å²) in [5.41, 5.74) is 5.49. The topological polar surface area (TPSA) is 92.4 Å². The first-order valence-electron chi connectivity index (χ1n) is 6.13. The Balaban J connectivity index is 2.28. The van der Waals surface area contributed by atoms with Gasteiger partial charge in [-0.3, -0.25) is 4.79 Å². The predicted molar refractivity (Wildman–Crippen MR) is 75.1 cm³/mol. The van der Waals surface area contributed by atoms with Crippen molar-refractivity contribution in [2.45, 2.75) is 6.04 Å². The molecule has 0 aliphatic carbocycles. The van der Waals surface area contributed by atoms with Crippen molar-refractivity contribution in [2.24, 2.45) is 0 Å². The standard InChI is InChI=1S/C15H13FN2O3/c16-11-8-4-7-10(12(11)17)14(19)18-13(15(20)21)9-5-2-1-3-6-9/h1-8,13H,17H2,(H,18,19)(H,20,21)/t13-/m0/s1. The van der Waals surface area contributed by atoms with E-state index in [0.717, 1.165) is 6.07 Å². The van der Waals surface area contributed by atoms with Crippen molar-refractivity contribution in [2.75, 3.05) is 5.73 Å². The Morgan fingerprint density at radius 3 is 2.38 bits per heavy atom. The van der Waals surface area contributed by atoms with Crippen LogP contribution in [0.25, 0.3) is 0 Å². The number of anilines is 1. The molecule has 0 saturated heterocycles. The molecule has 0 spiro atoms. The van der Waals surface area contributed by atoms with E-state index in [1.165, 1.54) is 12.1 Å². The number of benzene rings is 2. The summed E-state index contributed by atoms with van der Waals surface area (Å²) in [7, 11) is 0. The van der Waals surface area contributed by atoms with Crippen molar-refractivity contribution in [3.05, 3.63) is 65.5 Å². The fraction of sp³-hybridized carbons (Fsp3) is 0.0667. The number of nitrogens with two attached hydrogens (primary N) is 1. The molecular formula is C15H13FN2O3. The summed E-state index contributed by atoms with van der Waals surface area (Å²) >= 11 is 0. The molecule has 2 aromatic rings. The fourth-order valence-electron chi connectivity index (χ4n) is 1.88. The van der Waals surface area contributed by atoms with Crippen LogP contribution in [0.15, 0.2) is 48.5 Å². The van der Waals surface area contributed by atoms with E-state index in [1.54, 1.807) is 30.3 Å². The number of hydrogen-bond acceptors (Lipinski definition) is 3. The lowest BCUT2D eigenvalue weighted by Crippen LogP contribution is -2.34. The van der Waals surface area contributed by atoms with Crippen molar-refractivity contribution < 1.29 is 19.1 Å². The highest BCUT2D eigenvalue weighted by Crippen LogP contribution is 2.18. The van der Waals surface area contributed by atoms with Crippen LogP contribution in [0.4, 0.5) is 10.1 Å². The normalized spacial score (nSPS) is 11.7. The summed E-state index contributed by atoms with van der Waals surface area (Å²) in [4.78, 5) is 23.4. The molecule has 0 heterocycles. The highest BCUT2D eigenvalue weighted by Gasteiger charge is 2.23. The molecule has 0 aliphatic rings. The maximum absolute atomic E-state index is 13.3. The number of amides is 1. The number of carboxylic acid groups (broad SMARTS) is 1. The average molecular weight is 288 g/mol.